The Bertz CT molecular complexity index is 615. The third-order valence-corrected chi connectivity index (χ3v) is 3.98. The Kier molecular flexibility index (Phi) is 6.41. The zero-order chi connectivity index (χ0) is 14.5. The van der Waals surface area contributed by atoms with E-state index in [1.807, 2.05) is 28.8 Å². The molecule has 0 bridgehead atoms. The molecule has 22 heavy (non-hydrogen) atoms. The minimum absolute atomic E-state index is 0. The molecule has 2 aromatic rings. The van der Waals surface area contributed by atoms with Gasteiger partial charge in [0.1, 0.15) is 6.54 Å². The van der Waals surface area contributed by atoms with Gasteiger partial charge in [0, 0.05) is 12.2 Å². The topological polar surface area (TPSA) is 80.6 Å². The van der Waals surface area contributed by atoms with Gasteiger partial charge in [-0.15, -0.1) is 34.2 Å². The van der Waals surface area contributed by atoms with Crippen LogP contribution < -0.4 is 11.1 Å². The number of aliphatic imine (C=N–C) groups is 1. The van der Waals surface area contributed by atoms with Crippen LogP contribution in [0.4, 0.5) is 0 Å². The van der Waals surface area contributed by atoms with Gasteiger partial charge in [0.15, 0.2) is 17.4 Å². The summed E-state index contributed by atoms with van der Waals surface area (Å²) in [6.07, 6.45) is 9.53. The lowest BCUT2D eigenvalue weighted by molar-refractivity contribution is 0.530. The molecule has 0 atom stereocenters. The number of halogens is 1. The van der Waals surface area contributed by atoms with Crippen LogP contribution in [0.5, 0.6) is 0 Å². The fraction of sp³-hybridized carbons (Fsp3) is 0.533. The number of fused-ring (bicyclic) bond motifs is 1. The molecule has 3 rings (SSSR count). The predicted octanol–water partition coefficient (Wildman–Crippen LogP) is 2.47. The van der Waals surface area contributed by atoms with Crippen molar-refractivity contribution < 1.29 is 0 Å². The van der Waals surface area contributed by atoms with Crippen LogP contribution in [-0.4, -0.2) is 26.6 Å². The van der Waals surface area contributed by atoms with Crippen molar-refractivity contribution in [2.45, 2.75) is 51.1 Å². The Hall–Kier alpha value is -1.38. The standard InChI is InChI=1S/C15H22N6.HI/c16-15(18-12-7-3-1-2-4-8-12)17-11-14-20-19-13-9-5-6-10-21(13)14;/h5-6,9-10,12H,1-4,7-8,11H2,(H3,16,17,18);1H. The normalized spacial score (nSPS) is 17.0. The summed E-state index contributed by atoms with van der Waals surface area (Å²) >= 11 is 0. The SMILES string of the molecule is I.NC(=NCc1nnc2ccccn12)NC1CCCCCC1. The smallest absolute Gasteiger partial charge is 0.189 e. The maximum Gasteiger partial charge on any atom is 0.189 e. The lowest BCUT2D eigenvalue weighted by atomic mass is 10.1. The molecule has 0 unspecified atom stereocenters. The van der Waals surface area contributed by atoms with Gasteiger partial charge >= 0.3 is 0 Å². The highest BCUT2D eigenvalue weighted by Crippen LogP contribution is 2.16. The van der Waals surface area contributed by atoms with E-state index < -0.39 is 0 Å². The van der Waals surface area contributed by atoms with Gasteiger partial charge < -0.3 is 11.1 Å². The second-order valence-corrected chi connectivity index (χ2v) is 5.58. The van der Waals surface area contributed by atoms with Crippen LogP contribution in [-0.2, 0) is 6.54 Å². The van der Waals surface area contributed by atoms with E-state index in [0.717, 1.165) is 11.5 Å². The van der Waals surface area contributed by atoms with Crippen molar-refractivity contribution in [2.24, 2.45) is 10.7 Å². The number of aromatic nitrogens is 3. The number of nitrogens with zero attached hydrogens (tertiary/aromatic N) is 4. The summed E-state index contributed by atoms with van der Waals surface area (Å²) in [5.41, 5.74) is 6.83. The number of nitrogens with two attached hydrogens (primary N) is 1. The van der Waals surface area contributed by atoms with Gasteiger partial charge in [-0.2, -0.15) is 0 Å². The van der Waals surface area contributed by atoms with Crippen molar-refractivity contribution >= 4 is 35.6 Å². The van der Waals surface area contributed by atoms with Gasteiger partial charge in [-0.1, -0.05) is 31.7 Å². The summed E-state index contributed by atoms with van der Waals surface area (Å²) in [5.74, 6) is 1.31. The van der Waals surface area contributed by atoms with Crippen LogP contribution in [0.2, 0.25) is 0 Å². The first-order valence-corrected chi connectivity index (χ1v) is 7.68. The Morgan fingerprint density at radius 1 is 1.23 bits per heavy atom. The van der Waals surface area contributed by atoms with E-state index in [4.69, 9.17) is 5.73 Å². The molecular weight excluding hydrogens is 391 g/mol. The minimum atomic E-state index is 0. The van der Waals surface area contributed by atoms with Crippen LogP contribution in [0.15, 0.2) is 29.4 Å². The van der Waals surface area contributed by atoms with Gasteiger partial charge in [0.2, 0.25) is 0 Å². The second-order valence-electron chi connectivity index (χ2n) is 5.58. The Balaban J connectivity index is 0.00000176. The third kappa shape index (κ3) is 4.31. The van der Waals surface area contributed by atoms with E-state index >= 15 is 0 Å². The van der Waals surface area contributed by atoms with Crippen LogP contribution in [0.25, 0.3) is 5.65 Å². The Morgan fingerprint density at radius 3 is 2.77 bits per heavy atom. The molecule has 2 aromatic heterocycles. The minimum Gasteiger partial charge on any atom is -0.370 e. The molecule has 0 aliphatic heterocycles. The average Bonchev–Trinajstić information content (AvgIpc) is 2.74. The molecule has 0 spiro atoms. The van der Waals surface area contributed by atoms with Crippen molar-refractivity contribution in [1.29, 1.82) is 0 Å². The summed E-state index contributed by atoms with van der Waals surface area (Å²) in [6, 6.07) is 6.29. The molecule has 2 heterocycles. The van der Waals surface area contributed by atoms with Gasteiger partial charge in [-0.25, -0.2) is 4.99 Å². The Morgan fingerprint density at radius 2 is 2.00 bits per heavy atom. The molecule has 1 fully saturated rings. The van der Waals surface area contributed by atoms with E-state index in [1.165, 1.54) is 38.5 Å². The summed E-state index contributed by atoms with van der Waals surface area (Å²) in [6.45, 7) is 0.441. The highest BCUT2D eigenvalue weighted by atomic mass is 127. The number of hydrogen-bond acceptors (Lipinski definition) is 3. The number of guanidine groups is 1. The lowest BCUT2D eigenvalue weighted by Gasteiger charge is -2.16. The van der Waals surface area contributed by atoms with Crippen LogP contribution >= 0.6 is 24.0 Å². The van der Waals surface area contributed by atoms with Crippen LogP contribution in [0.3, 0.4) is 0 Å². The fourth-order valence-electron chi connectivity index (χ4n) is 2.83. The van der Waals surface area contributed by atoms with Crippen LogP contribution in [0.1, 0.15) is 44.3 Å². The summed E-state index contributed by atoms with van der Waals surface area (Å²) in [7, 11) is 0. The van der Waals surface area contributed by atoms with Crippen molar-refractivity contribution in [3.63, 3.8) is 0 Å². The van der Waals surface area contributed by atoms with Crippen molar-refractivity contribution in [1.82, 2.24) is 19.9 Å². The Labute approximate surface area is 147 Å². The number of hydrogen-bond donors (Lipinski definition) is 2. The lowest BCUT2D eigenvalue weighted by Crippen LogP contribution is -2.39. The number of nitrogens with one attached hydrogen (secondary N) is 1. The zero-order valence-electron chi connectivity index (χ0n) is 12.6. The molecular formula is C15H23IN6. The zero-order valence-corrected chi connectivity index (χ0v) is 14.9. The summed E-state index contributed by atoms with van der Waals surface area (Å²) in [5, 5.41) is 11.6. The first-order valence-electron chi connectivity index (χ1n) is 7.68. The van der Waals surface area contributed by atoms with E-state index in [-0.39, 0.29) is 24.0 Å². The largest absolute Gasteiger partial charge is 0.370 e. The number of pyridine rings is 1. The maximum atomic E-state index is 6.00. The van der Waals surface area contributed by atoms with Gasteiger partial charge in [0.25, 0.3) is 0 Å². The van der Waals surface area contributed by atoms with Crippen molar-refractivity contribution in [3.05, 3.63) is 30.2 Å². The van der Waals surface area contributed by atoms with E-state index in [0.29, 0.717) is 18.5 Å². The molecule has 3 N–H and O–H groups in total. The van der Waals surface area contributed by atoms with Gasteiger partial charge in [-0.3, -0.25) is 4.40 Å². The predicted molar refractivity (Wildman–Crippen MR) is 98.4 cm³/mol. The second kappa shape index (κ2) is 8.30. The van der Waals surface area contributed by atoms with Crippen molar-refractivity contribution in [3.8, 4) is 0 Å². The van der Waals surface area contributed by atoms with Crippen molar-refractivity contribution in [2.75, 3.05) is 0 Å². The maximum absolute atomic E-state index is 6.00. The number of rotatable bonds is 3. The van der Waals surface area contributed by atoms with Gasteiger partial charge in [-0.05, 0) is 25.0 Å². The molecule has 0 aromatic carbocycles. The first kappa shape index (κ1) is 17.0. The van der Waals surface area contributed by atoms with E-state index in [1.54, 1.807) is 0 Å². The molecule has 0 saturated heterocycles. The first-order chi connectivity index (χ1) is 10.3. The quantitative estimate of drug-likeness (QED) is 0.350. The molecule has 0 radical (unpaired) electrons. The molecule has 7 heteroatoms. The molecule has 1 saturated carbocycles. The molecule has 6 nitrogen and oxygen atoms in total. The average molecular weight is 414 g/mol. The van der Waals surface area contributed by atoms with E-state index in [9.17, 15) is 0 Å². The van der Waals surface area contributed by atoms with E-state index in [2.05, 4.69) is 20.5 Å². The molecule has 0 amide bonds. The fourth-order valence-corrected chi connectivity index (χ4v) is 2.83. The van der Waals surface area contributed by atoms with Gasteiger partial charge in [0.05, 0.1) is 0 Å². The highest BCUT2D eigenvalue weighted by molar-refractivity contribution is 14.0. The molecule has 120 valence electrons. The monoisotopic (exact) mass is 414 g/mol. The summed E-state index contributed by atoms with van der Waals surface area (Å²) < 4.78 is 1.93. The molecule has 1 aliphatic carbocycles. The summed E-state index contributed by atoms with van der Waals surface area (Å²) in [4.78, 5) is 4.40. The molecule has 1 aliphatic rings. The van der Waals surface area contributed by atoms with Crippen LogP contribution in [0, 0.1) is 0 Å². The highest BCUT2D eigenvalue weighted by Gasteiger charge is 2.12. The third-order valence-electron chi connectivity index (χ3n) is 3.98.